The number of carbonyl (C=O) groups excluding carboxylic acids is 2. The van der Waals surface area contributed by atoms with Crippen LogP contribution in [0.25, 0.3) is 11.0 Å². The van der Waals surface area contributed by atoms with Crippen molar-refractivity contribution in [1.29, 1.82) is 0 Å². The Labute approximate surface area is 190 Å². The monoisotopic (exact) mass is 471 g/mol. The third-order valence-corrected chi connectivity index (χ3v) is 8.29. The molecule has 1 aromatic heterocycles. The number of benzene rings is 2. The van der Waals surface area contributed by atoms with Gasteiger partial charge in [-0.25, -0.2) is 17.1 Å². The van der Waals surface area contributed by atoms with Crippen molar-refractivity contribution in [1.82, 2.24) is 14.4 Å². The van der Waals surface area contributed by atoms with E-state index in [1.54, 1.807) is 24.8 Å². The van der Waals surface area contributed by atoms with Gasteiger partial charge in [0.2, 0.25) is 0 Å². The summed E-state index contributed by atoms with van der Waals surface area (Å²) in [5.74, 6) is -1.17. The van der Waals surface area contributed by atoms with Gasteiger partial charge in [0.1, 0.15) is 10.7 Å². The Kier molecular flexibility index (Phi) is 5.00. The summed E-state index contributed by atoms with van der Waals surface area (Å²) < 4.78 is 45.2. The first-order chi connectivity index (χ1) is 15.7. The topological polar surface area (TPSA) is 101 Å². The summed E-state index contributed by atoms with van der Waals surface area (Å²) in [6, 6.07) is 8.03. The van der Waals surface area contributed by atoms with Crippen LogP contribution in [0.15, 0.2) is 45.8 Å². The van der Waals surface area contributed by atoms with Crippen LogP contribution in [0.1, 0.15) is 59.0 Å². The Morgan fingerprint density at radius 1 is 1.15 bits per heavy atom. The van der Waals surface area contributed by atoms with E-state index in [0.717, 1.165) is 15.4 Å². The van der Waals surface area contributed by atoms with E-state index in [4.69, 9.17) is 4.52 Å². The van der Waals surface area contributed by atoms with Crippen LogP contribution in [0.2, 0.25) is 0 Å². The first kappa shape index (κ1) is 21.6. The molecule has 3 heterocycles. The second-order valence-electron chi connectivity index (χ2n) is 8.69. The molecule has 10 heteroatoms. The van der Waals surface area contributed by atoms with Gasteiger partial charge in [0, 0.05) is 42.1 Å². The summed E-state index contributed by atoms with van der Waals surface area (Å²) in [4.78, 5) is 27.2. The number of piperidine rings is 1. The van der Waals surface area contributed by atoms with E-state index in [-0.39, 0.29) is 33.7 Å². The van der Waals surface area contributed by atoms with E-state index in [2.05, 4.69) is 5.16 Å². The number of likely N-dealkylation sites (tertiary alicyclic amines) is 1. The second-order valence-corrected chi connectivity index (χ2v) is 10.5. The summed E-state index contributed by atoms with van der Waals surface area (Å²) in [6.07, 6.45) is 1.29. The van der Waals surface area contributed by atoms with Crippen molar-refractivity contribution in [2.45, 2.75) is 43.5 Å². The van der Waals surface area contributed by atoms with Crippen molar-refractivity contribution >= 4 is 32.8 Å². The van der Waals surface area contributed by atoms with Gasteiger partial charge in [0.15, 0.2) is 5.58 Å². The molecular formula is C23H22FN3O5S. The smallest absolute Gasteiger partial charge is 0.269 e. The fourth-order valence-corrected chi connectivity index (χ4v) is 6.45. The van der Waals surface area contributed by atoms with Crippen molar-refractivity contribution in [3.8, 4) is 0 Å². The number of nitrogens with zero attached hydrogens (tertiary/aromatic N) is 3. The summed E-state index contributed by atoms with van der Waals surface area (Å²) in [5, 5.41) is 4.89. The zero-order valence-corrected chi connectivity index (χ0v) is 18.9. The molecule has 1 fully saturated rings. The lowest BCUT2D eigenvalue weighted by atomic mass is 9.91. The fourth-order valence-electron chi connectivity index (χ4n) is 4.66. The van der Waals surface area contributed by atoms with Crippen LogP contribution in [0.4, 0.5) is 4.39 Å². The standard InChI is InChI=1S/C23H22FN3O5S/c1-13(2)27-23(29)18-5-3-15(11-20(18)33(27,30)31)22(28)26-9-7-14(8-10-26)21-17-6-4-16(24)12-19(17)32-25-21/h3-6,11-14H,7-10H2,1-2H3. The van der Waals surface area contributed by atoms with Gasteiger partial charge in [-0.3, -0.25) is 9.59 Å². The number of halogens is 1. The van der Waals surface area contributed by atoms with Gasteiger partial charge in [-0.15, -0.1) is 0 Å². The van der Waals surface area contributed by atoms with Gasteiger partial charge in [0.05, 0.1) is 11.3 Å². The van der Waals surface area contributed by atoms with E-state index in [1.165, 1.54) is 30.3 Å². The van der Waals surface area contributed by atoms with Gasteiger partial charge in [-0.1, -0.05) is 5.16 Å². The highest BCUT2D eigenvalue weighted by Gasteiger charge is 2.43. The summed E-state index contributed by atoms with van der Waals surface area (Å²) in [5.41, 5.74) is 1.48. The van der Waals surface area contributed by atoms with Gasteiger partial charge in [0.25, 0.3) is 21.8 Å². The Morgan fingerprint density at radius 2 is 1.88 bits per heavy atom. The molecule has 0 unspecified atom stereocenters. The summed E-state index contributed by atoms with van der Waals surface area (Å²) in [6.45, 7) is 4.18. The molecule has 2 aliphatic heterocycles. The molecular weight excluding hydrogens is 449 g/mol. The number of hydrogen-bond donors (Lipinski definition) is 0. The average Bonchev–Trinajstić information content (AvgIpc) is 3.29. The molecule has 33 heavy (non-hydrogen) atoms. The average molecular weight is 472 g/mol. The Balaban J connectivity index is 1.34. The summed E-state index contributed by atoms with van der Waals surface area (Å²) >= 11 is 0. The van der Waals surface area contributed by atoms with E-state index in [1.807, 2.05) is 0 Å². The fraction of sp³-hybridized carbons (Fsp3) is 0.348. The molecule has 5 rings (SSSR count). The van der Waals surface area contributed by atoms with Crippen LogP contribution in [0.5, 0.6) is 0 Å². The Bertz CT molecular complexity index is 1390. The molecule has 0 radical (unpaired) electrons. The molecule has 2 aliphatic rings. The lowest BCUT2D eigenvalue weighted by Crippen LogP contribution is -2.38. The minimum absolute atomic E-state index is 0.0679. The number of sulfonamides is 1. The quantitative estimate of drug-likeness (QED) is 0.579. The molecule has 0 saturated carbocycles. The lowest BCUT2D eigenvalue weighted by molar-refractivity contribution is 0.0710. The van der Waals surface area contributed by atoms with E-state index in [0.29, 0.717) is 31.5 Å². The van der Waals surface area contributed by atoms with Crippen molar-refractivity contribution in [3.63, 3.8) is 0 Å². The van der Waals surface area contributed by atoms with Crippen molar-refractivity contribution < 1.29 is 26.9 Å². The first-order valence-corrected chi connectivity index (χ1v) is 12.2. The predicted molar refractivity (Wildman–Crippen MR) is 117 cm³/mol. The van der Waals surface area contributed by atoms with Crippen molar-refractivity contribution in [2.75, 3.05) is 13.1 Å². The Hall–Kier alpha value is -3.27. The van der Waals surface area contributed by atoms with Crippen molar-refractivity contribution in [3.05, 3.63) is 59.0 Å². The SMILES string of the molecule is CC(C)N1C(=O)c2ccc(C(=O)N3CCC(c4noc5cc(F)ccc45)CC3)cc2S1(=O)=O. The number of hydrogen-bond acceptors (Lipinski definition) is 6. The molecule has 0 aliphatic carbocycles. The number of aromatic nitrogens is 1. The lowest BCUT2D eigenvalue weighted by Gasteiger charge is -2.31. The van der Waals surface area contributed by atoms with Crippen LogP contribution >= 0.6 is 0 Å². The predicted octanol–water partition coefficient (Wildman–Crippen LogP) is 3.54. The molecule has 2 aromatic carbocycles. The normalized spacial score (nSPS) is 18.4. The van der Waals surface area contributed by atoms with Crippen LogP contribution in [-0.4, -0.2) is 53.7 Å². The van der Waals surface area contributed by atoms with E-state index in [9.17, 15) is 22.4 Å². The van der Waals surface area contributed by atoms with Crippen LogP contribution in [0.3, 0.4) is 0 Å². The van der Waals surface area contributed by atoms with Crippen LogP contribution < -0.4 is 0 Å². The van der Waals surface area contributed by atoms with Gasteiger partial charge in [-0.2, -0.15) is 0 Å². The third-order valence-electron chi connectivity index (χ3n) is 6.30. The van der Waals surface area contributed by atoms with Gasteiger partial charge < -0.3 is 9.42 Å². The highest BCUT2D eigenvalue weighted by molar-refractivity contribution is 7.90. The maximum atomic E-state index is 13.4. The van der Waals surface area contributed by atoms with Crippen LogP contribution in [0, 0.1) is 5.82 Å². The Morgan fingerprint density at radius 3 is 2.58 bits per heavy atom. The maximum Gasteiger partial charge on any atom is 0.269 e. The zero-order chi connectivity index (χ0) is 23.5. The second kappa shape index (κ2) is 7.65. The van der Waals surface area contributed by atoms with Crippen molar-refractivity contribution in [2.24, 2.45) is 0 Å². The first-order valence-electron chi connectivity index (χ1n) is 10.8. The summed E-state index contributed by atoms with van der Waals surface area (Å²) in [7, 11) is -3.98. The van der Waals surface area contributed by atoms with E-state index >= 15 is 0 Å². The minimum atomic E-state index is -3.98. The number of amides is 2. The molecule has 2 amide bonds. The molecule has 0 spiro atoms. The molecule has 0 bridgehead atoms. The molecule has 8 nitrogen and oxygen atoms in total. The number of rotatable bonds is 3. The van der Waals surface area contributed by atoms with Gasteiger partial charge in [-0.05, 0) is 57.0 Å². The van der Waals surface area contributed by atoms with Gasteiger partial charge >= 0.3 is 0 Å². The molecule has 0 N–H and O–H groups in total. The minimum Gasteiger partial charge on any atom is -0.356 e. The largest absolute Gasteiger partial charge is 0.356 e. The highest BCUT2D eigenvalue weighted by atomic mass is 32.2. The van der Waals surface area contributed by atoms with E-state index < -0.39 is 22.0 Å². The number of fused-ring (bicyclic) bond motifs is 2. The third kappa shape index (κ3) is 3.40. The molecule has 1 saturated heterocycles. The molecule has 172 valence electrons. The maximum absolute atomic E-state index is 13.4. The zero-order valence-electron chi connectivity index (χ0n) is 18.1. The molecule has 3 aromatic rings. The van der Waals surface area contributed by atoms with Crippen LogP contribution in [-0.2, 0) is 10.0 Å². The highest BCUT2D eigenvalue weighted by Crippen LogP contribution is 2.35. The molecule has 0 atom stereocenters. The number of carbonyl (C=O) groups is 2.